The Kier molecular flexibility index (Phi) is 4.70. The summed E-state index contributed by atoms with van der Waals surface area (Å²) in [6, 6.07) is 7.81. The number of rotatable bonds is 5. The Morgan fingerprint density at radius 2 is 2.11 bits per heavy atom. The summed E-state index contributed by atoms with van der Waals surface area (Å²) in [6.07, 6.45) is 4.02. The molecule has 2 atom stereocenters. The molecule has 0 aliphatic heterocycles. The fourth-order valence-corrected chi connectivity index (χ4v) is 5.32. The van der Waals surface area contributed by atoms with Gasteiger partial charge in [-0.1, -0.05) is 0 Å². The topological polar surface area (TPSA) is 103 Å². The molecule has 1 aliphatic rings. The van der Waals surface area contributed by atoms with Gasteiger partial charge in [0.05, 0.1) is 22.6 Å². The third kappa shape index (κ3) is 3.35. The second-order valence-corrected chi connectivity index (χ2v) is 8.85. The summed E-state index contributed by atoms with van der Waals surface area (Å²) in [4.78, 5) is 16.5. The minimum Gasteiger partial charge on any atom is -0.379 e. The first-order valence-corrected chi connectivity index (χ1v) is 10.7. The molecule has 10 heteroatoms. The molecule has 1 fully saturated rings. The van der Waals surface area contributed by atoms with Crippen LogP contribution in [0.3, 0.4) is 0 Å². The van der Waals surface area contributed by atoms with Crippen molar-refractivity contribution in [2.75, 3.05) is 11.8 Å². The Morgan fingerprint density at radius 1 is 1.26 bits per heavy atom. The van der Waals surface area contributed by atoms with Crippen LogP contribution in [-0.4, -0.2) is 35.6 Å². The number of anilines is 1. The molecule has 0 bridgehead atoms. The van der Waals surface area contributed by atoms with E-state index in [1.807, 2.05) is 0 Å². The summed E-state index contributed by atoms with van der Waals surface area (Å²) in [6.45, 7) is 0. The Bertz CT molecular complexity index is 1130. The maximum atomic E-state index is 12.6. The van der Waals surface area contributed by atoms with Gasteiger partial charge in [-0.25, -0.2) is 13.4 Å². The number of pyridine rings is 1. The fourth-order valence-electron chi connectivity index (χ4n) is 3.62. The van der Waals surface area contributed by atoms with E-state index in [1.54, 1.807) is 29.9 Å². The molecule has 3 aromatic rings. The van der Waals surface area contributed by atoms with Crippen molar-refractivity contribution in [3.8, 4) is 0 Å². The van der Waals surface area contributed by atoms with E-state index in [-0.39, 0.29) is 27.7 Å². The number of nitrogens with one attached hydrogen (secondary N) is 1. The largest absolute Gasteiger partial charge is 0.379 e. The molecule has 4 rings (SSSR count). The van der Waals surface area contributed by atoms with Gasteiger partial charge in [0.2, 0.25) is 5.13 Å². The van der Waals surface area contributed by atoms with Gasteiger partial charge >= 0.3 is 0 Å². The highest BCUT2D eigenvalue weighted by Crippen LogP contribution is 2.33. The van der Waals surface area contributed by atoms with E-state index >= 15 is 0 Å². The number of benzene rings is 1. The van der Waals surface area contributed by atoms with Gasteiger partial charge in [-0.15, -0.1) is 0 Å². The van der Waals surface area contributed by atoms with E-state index in [2.05, 4.69) is 14.1 Å². The number of hydrogen-bond donors (Lipinski definition) is 1. The van der Waals surface area contributed by atoms with Gasteiger partial charge in [-0.2, -0.15) is 4.37 Å². The van der Waals surface area contributed by atoms with Crippen LogP contribution in [0.4, 0.5) is 5.13 Å². The van der Waals surface area contributed by atoms with Gasteiger partial charge < -0.3 is 9.30 Å². The van der Waals surface area contributed by atoms with Crippen molar-refractivity contribution < 1.29 is 13.2 Å². The van der Waals surface area contributed by atoms with E-state index in [1.165, 1.54) is 18.5 Å². The van der Waals surface area contributed by atoms with Crippen LogP contribution in [0.2, 0.25) is 0 Å². The first kappa shape index (κ1) is 18.1. The third-order valence-electron chi connectivity index (χ3n) is 4.85. The van der Waals surface area contributed by atoms with Crippen LogP contribution in [-0.2, 0) is 14.8 Å². The number of aromatic nitrogens is 3. The van der Waals surface area contributed by atoms with E-state index in [4.69, 9.17) is 4.74 Å². The van der Waals surface area contributed by atoms with Gasteiger partial charge in [0.15, 0.2) is 0 Å². The molecule has 27 heavy (non-hydrogen) atoms. The molecule has 1 saturated carbocycles. The molecule has 1 N–H and O–H groups in total. The first-order valence-electron chi connectivity index (χ1n) is 8.47. The predicted molar refractivity (Wildman–Crippen MR) is 103 cm³/mol. The smallest absolute Gasteiger partial charge is 0.263 e. The lowest BCUT2D eigenvalue weighted by Gasteiger charge is -2.23. The van der Waals surface area contributed by atoms with Gasteiger partial charge in [-0.05, 0) is 48.9 Å². The lowest BCUT2D eigenvalue weighted by Crippen LogP contribution is -2.30. The van der Waals surface area contributed by atoms with Crippen LogP contribution in [0.15, 0.2) is 46.3 Å². The summed E-state index contributed by atoms with van der Waals surface area (Å²) < 4.78 is 38.6. The van der Waals surface area contributed by atoms with Gasteiger partial charge in [-0.3, -0.25) is 9.52 Å². The van der Waals surface area contributed by atoms with Crippen molar-refractivity contribution in [2.24, 2.45) is 0 Å². The number of fused-ring (bicyclic) bond motifs is 1. The molecule has 0 radical (unpaired) electrons. The number of methoxy groups -OCH3 is 1. The molecule has 0 spiro atoms. The molecule has 2 aromatic heterocycles. The maximum Gasteiger partial charge on any atom is 0.263 e. The number of hydrogen-bond acceptors (Lipinski definition) is 7. The number of nitrogens with zero attached hydrogens (tertiary/aromatic N) is 3. The number of ether oxygens (including phenoxy) is 1. The summed E-state index contributed by atoms with van der Waals surface area (Å²) in [5.74, 6) is 0. The molecular weight excluding hydrogens is 388 g/mol. The van der Waals surface area contributed by atoms with Gasteiger partial charge in [0.25, 0.3) is 15.6 Å². The second kappa shape index (κ2) is 7.02. The average molecular weight is 406 g/mol. The third-order valence-corrected chi connectivity index (χ3v) is 6.89. The van der Waals surface area contributed by atoms with Gasteiger partial charge in [0, 0.05) is 24.7 Å². The Balaban J connectivity index is 1.78. The minimum absolute atomic E-state index is 0.0178. The lowest BCUT2D eigenvalue weighted by molar-refractivity contribution is 0.0753. The molecule has 1 aromatic carbocycles. The van der Waals surface area contributed by atoms with E-state index in [0.717, 1.165) is 30.8 Å². The van der Waals surface area contributed by atoms with Crippen LogP contribution < -0.4 is 10.3 Å². The Labute approximate surface area is 160 Å². The maximum absolute atomic E-state index is 12.6. The van der Waals surface area contributed by atoms with Crippen LogP contribution in [0.1, 0.15) is 25.3 Å². The van der Waals surface area contributed by atoms with Crippen molar-refractivity contribution in [1.82, 2.24) is 13.9 Å². The van der Waals surface area contributed by atoms with Crippen LogP contribution in [0.25, 0.3) is 10.9 Å². The molecule has 0 saturated heterocycles. The highest BCUT2D eigenvalue weighted by Gasteiger charge is 2.30. The zero-order valence-electron chi connectivity index (χ0n) is 14.5. The van der Waals surface area contributed by atoms with Crippen molar-refractivity contribution in [3.63, 3.8) is 0 Å². The predicted octanol–water partition coefficient (Wildman–Crippen LogP) is 2.39. The summed E-state index contributed by atoms with van der Waals surface area (Å²) >= 11 is 0.961. The Morgan fingerprint density at radius 3 is 2.85 bits per heavy atom. The highest BCUT2D eigenvalue weighted by atomic mass is 32.2. The minimum atomic E-state index is -3.79. The van der Waals surface area contributed by atoms with Crippen molar-refractivity contribution in [3.05, 3.63) is 47.0 Å². The standard InChI is InChI=1S/C17H18N4O4S2/c1-25-15-4-2-3-14(15)21-13-7-6-12(9-11(13)5-8-16(21)22)27(23,24)20-17-18-10-19-26-17/h5-10,14-15H,2-4H2,1H3,(H,18,19,20)/t14-,15-/m0/s1. The van der Waals surface area contributed by atoms with Gasteiger partial charge in [0.1, 0.15) is 6.33 Å². The van der Waals surface area contributed by atoms with Crippen LogP contribution in [0.5, 0.6) is 0 Å². The lowest BCUT2D eigenvalue weighted by atomic mass is 10.1. The first-order chi connectivity index (χ1) is 13.0. The Hall–Kier alpha value is -2.30. The molecule has 0 unspecified atom stereocenters. The number of sulfonamides is 1. The zero-order chi connectivity index (χ0) is 19.0. The molecule has 1 aliphatic carbocycles. The van der Waals surface area contributed by atoms with Crippen molar-refractivity contribution in [2.45, 2.75) is 36.3 Å². The van der Waals surface area contributed by atoms with Crippen LogP contribution >= 0.6 is 11.5 Å². The second-order valence-electron chi connectivity index (χ2n) is 6.39. The fraction of sp³-hybridized carbons (Fsp3) is 0.353. The SMILES string of the molecule is CO[C@H]1CCC[C@@H]1n1c(=O)ccc2cc(S(=O)(=O)Nc3ncns3)ccc21. The summed E-state index contributed by atoms with van der Waals surface area (Å²) in [7, 11) is -2.13. The van der Waals surface area contributed by atoms with E-state index in [9.17, 15) is 13.2 Å². The molecular formula is C17H18N4O4S2. The summed E-state index contributed by atoms with van der Waals surface area (Å²) in [5.41, 5.74) is 0.588. The molecule has 8 nitrogen and oxygen atoms in total. The molecule has 2 heterocycles. The quantitative estimate of drug-likeness (QED) is 0.698. The normalized spacial score (nSPS) is 20.2. The highest BCUT2D eigenvalue weighted by molar-refractivity contribution is 7.93. The van der Waals surface area contributed by atoms with Crippen molar-refractivity contribution in [1.29, 1.82) is 0 Å². The molecule has 142 valence electrons. The average Bonchev–Trinajstić information content (AvgIpc) is 3.32. The van der Waals surface area contributed by atoms with Crippen molar-refractivity contribution >= 4 is 37.6 Å². The monoisotopic (exact) mass is 406 g/mol. The van der Waals surface area contributed by atoms with E-state index < -0.39 is 10.0 Å². The molecule has 0 amide bonds. The van der Waals surface area contributed by atoms with Crippen LogP contribution in [0, 0.1) is 0 Å². The summed E-state index contributed by atoms with van der Waals surface area (Å²) in [5, 5.41) is 0.880. The zero-order valence-corrected chi connectivity index (χ0v) is 16.2. The van der Waals surface area contributed by atoms with E-state index in [0.29, 0.717) is 10.9 Å².